The van der Waals surface area contributed by atoms with Crippen LogP contribution >= 0.6 is 0 Å². The van der Waals surface area contributed by atoms with E-state index in [9.17, 15) is 0 Å². The fraction of sp³-hybridized carbons (Fsp3) is 0.125. The SMILES string of the molecule is COc1ccc(CNc2ccnc3cccnc23)cc1. The molecule has 3 rings (SSSR count). The number of nitrogens with one attached hydrogen (secondary N) is 1. The van der Waals surface area contributed by atoms with Gasteiger partial charge in [0.2, 0.25) is 0 Å². The molecule has 0 aliphatic rings. The van der Waals surface area contributed by atoms with Crippen molar-refractivity contribution in [3.8, 4) is 5.75 Å². The average Bonchev–Trinajstić information content (AvgIpc) is 2.53. The van der Waals surface area contributed by atoms with Crippen LogP contribution in [-0.4, -0.2) is 17.1 Å². The molecule has 2 heterocycles. The van der Waals surface area contributed by atoms with Gasteiger partial charge < -0.3 is 10.1 Å². The van der Waals surface area contributed by atoms with Crippen LogP contribution in [0, 0.1) is 0 Å². The van der Waals surface area contributed by atoms with Crippen molar-refractivity contribution in [1.82, 2.24) is 9.97 Å². The third-order valence-electron chi connectivity index (χ3n) is 3.14. The van der Waals surface area contributed by atoms with Crippen molar-refractivity contribution in [2.45, 2.75) is 6.54 Å². The van der Waals surface area contributed by atoms with E-state index < -0.39 is 0 Å². The fourth-order valence-electron chi connectivity index (χ4n) is 2.06. The molecule has 1 N–H and O–H groups in total. The van der Waals surface area contributed by atoms with Crippen LogP contribution in [0.5, 0.6) is 5.75 Å². The van der Waals surface area contributed by atoms with Gasteiger partial charge in [0.05, 0.1) is 18.3 Å². The first-order chi connectivity index (χ1) is 9.86. The molecule has 0 unspecified atom stereocenters. The highest BCUT2D eigenvalue weighted by Gasteiger charge is 2.02. The molecule has 0 fully saturated rings. The maximum Gasteiger partial charge on any atom is 0.118 e. The van der Waals surface area contributed by atoms with Crippen LogP contribution in [0.1, 0.15) is 5.56 Å². The van der Waals surface area contributed by atoms with Gasteiger partial charge in [-0.2, -0.15) is 0 Å². The third-order valence-corrected chi connectivity index (χ3v) is 3.14. The first kappa shape index (κ1) is 12.4. The molecule has 0 aliphatic heterocycles. The Morgan fingerprint density at radius 3 is 2.65 bits per heavy atom. The molecule has 20 heavy (non-hydrogen) atoms. The first-order valence-electron chi connectivity index (χ1n) is 6.43. The Bertz CT molecular complexity index is 705. The van der Waals surface area contributed by atoms with Crippen molar-refractivity contribution in [2.75, 3.05) is 12.4 Å². The van der Waals surface area contributed by atoms with Crippen LogP contribution in [0.3, 0.4) is 0 Å². The van der Waals surface area contributed by atoms with Crippen molar-refractivity contribution >= 4 is 16.7 Å². The highest BCUT2D eigenvalue weighted by atomic mass is 16.5. The van der Waals surface area contributed by atoms with Crippen molar-refractivity contribution in [1.29, 1.82) is 0 Å². The number of aromatic nitrogens is 2. The van der Waals surface area contributed by atoms with E-state index in [1.807, 2.05) is 42.5 Å². The van der Waals surface area contributed by atoms with Crippen LogP contribution in [0.2, 0.25) is 0 Å². The fourth-order valence-corrected chi connectivity index (χ4v) is 2.06. The Morgan fingerprint density at radius 2 is 1.85 bits per heavy atom. The van der Waals surface area contributed by atoms with E-state index in [2.05, 4.69) is 15.3 Å². The summed E-state index contributed by atoms with van der Waals surface area (Å²) in [6, 6.07) is 13.8. The van der Waals surface area contributed by atoms with Gasteiger partial charge in [0.1, 0.15) is 11.3 Å². The topological polar surface area (TPSA) is 47.0 Å². The minimum atomic E-state index is 0.736. The summed E-state index contributed by atoms with van der Waals surface area (Å²) in [5.74, 6) is 0.866. The summed E-state index contributed by atoms with van der Waals surface area (Å²) >= 11 is 0. The number of anilines is 1. The molecule has 0 amide bonds. The molecular weight excluding hydrogens is 250 g/mol. The first-order valence-corrected chi connectivity index (χ1v) is 6.43. The van der Waals surface area contributed by atoms with Crippen molar-refractivity contribution in [2.24, 2.45) is 0 Å². The van der Waals surface area contributed by atoms with Gasteiger partial charge >= 0.3 is 0 Å². The monoisotopic (exact) mass is 265 g/mol. The number of methoxy groups -OCH3 is 1. The molecular formula is C16H15N3O. The quantitative estimate of drug-likeness (QED) is 0.786. The maximum absolute atomic E-state index is 5.15. The van der Waals surface area contributed by atoms with E-state index in [0.29, 0.717) is 0 Å². The van der Waals surface area contributed by atoms with Crippen molar-refractivity contribution in [3.63, 3.8) is 0 Å². The standard InChI is InChI=1S/C16H15N3O/c1-20-13-6-4-12(5-7-13)11-19-15-8-10-17-14-3-2-9-18-16(14)15/h2-10H,11H2,1H3,(H,17,19). The number of hydrogen-bond donors (Lipinski definition) is 1. The molecule has 3 aromatic rings. The largest absolute Gasteiger partial charge is 0.497 e. The normalized spacial score (nSPS) is 10.4. The van der Waals surface area contributed by atoms with Gasteiger partial charge in [-0.1, -0.05) is 12.1 Å². The van der Waals surface area contributed by atoms with Crippen molar-refractivity contribution < 1.29 is 4.74 Å². The van der Waals surface area contributed by atoms with Crippen LogP contribution < -0.4 is 10.1 Å². The van der Waals surface area contributed by atoms with Crippen LogP contribution in [0.4, 0.5) is 5.69 Å². The predicted octanol–water partition coefficient (Wildman–Crippen LogP) is 3.25. The molecule has 4 heteroatoms. The molecule has 2 aromatic heterocycles. The van der Waals surface area contributed by atoms with Crippen LogP contribution in [0.25, 0.3) is 11.0 Å². The second-order valence-electron chi connectivity index (χ2n) is 4.43. The highest BCUT2D eigenvalue weighted by molar-refractivity contribution is 5.86. The Labute approximate surface area is 117 Å². The van der Waals surface area contributed by atoms with Gasteiger partial charge in [-0.05, 0) is 35.9 Å². The zero-order valence-electron chi connectivity index (χ0n) is 11.2. The maximum atomic E-state index is 5.15. The van der Waals surface area contributed by atoms with Crippen LogP contribution in [-0.2, 0) is 6.54 Å². The van der Waals surface area contributed by atoms with E-state index in [-0.39, 0.29) is 0 Å². The molecule has 0 saturated carbocycles. The molecule has 0 spiro atoms. The van der Waals surface area contributed by atoms with Crippen molar-refractivity contribution in [3.05, 3.63) is 60.4 Å². The number of benzene rings is 1. The molecule has 0 saturated heterocycles. The molecule has 0 aliphatic carbocycles. The lowest BCUT2D eigenvalue weighted by Gasteiger charge is -2.09. The smallest absolute Gasteiger partial charge is 0.118 e. The second-order valence-corrected chi connectivity index (χ2v) is 4.43. The lowest BCUT2D eigenvalue weighted by molar-refractivity contribution is 0.414. The summed E-state index contributed by atoms with van der Waals surface area (Å²) in [6.07, 6.45) is 3.57. The number of fused-ring (bicyclic) bond motifs is 1. The van der Waals surface area contributed by atoms with Gasteiger partial charge in [0, 0.05) is 18.9 Å². The Morgan fingerprint density at radius 1 is 1.00 bits per heavy atom. The van der Waals surface area contributed by atoms with E-state index >= 15 is 0 Å². The summed E-state index contributed by atoms with van der Waals surface area (Å²) in [7, 11) is 1.67. The summed E-state index contributed by atoms with van der Waals surface area (Å²) in [5.41, 5.74) is 3.97. The molecule has 1 aromatic carbocycles. The average molecular weight is 265 g/mol. The Balaban J connectivity index is 1.79. The summed E-state index contributed by atoms with van der Waals surface area (Å²) < 4.78 is 5.15. The summed E-state index contributed by atoms with van der Waals surface area (Å²) in [4.78, 5) is 8.68. The zero-order valence-corrected chi connectivity index (χ0v) is 11.2. The number of hydrogen-bond acceptors (Lipinski definition) is 4. The van der Waals surface area contributed by atoms with E-state index in [1.54, 1.807) is 19.5 Å². The summed E-state index contributed by atoms with van der Waals surface area (Å²) in [5, 5.41) is 3.40. The van der Waals surface area contributed by atoms with E-state index in [0.717, 1.165) is 29.0 Å². The van der Waals surface area contributed by atoms with E-state index in [4.69, 9.17) is 4.74 Å². The van der Waals surface area contributed by atoms with Gasteiger partial charge in [-0.15, -0.1) is 0 Å². The Hall–Kier alpha value is -2.62. The third kappa shape index (κ3) is 2.54. The zero-order chi connectivity index (χ0) is 13.8. The molecule has 100 valence electrons. The molecule has 4 nitrogen and oxygen atoms in total. The molecule has 0 bridgehead atoms. The number of nitrogens with zero attached hydrogens (tertiary/aromatic N) is 2. The number of pyridine rings is 2. The number of ether oxygens (including phenoxy) is 1. The lowest BCUT2D eigenvalue weighted by Crippen LogP contribution is -2.01. The minimum Gasteiger partial charge on any atom is -0.497 e. The summed E-state index contributed by atoms with van der Waals surface area (Å²) in [6.45, 7) is 0.736. The van der Waals surface area contributed by atoms with Gasteiger partial charge in [-0.3, -0.25) is 9.97 Å². The van der Waals surface area contributed by atoms with E-state index in [1.165, 1.54) is 5.56 Å². The highest BCUT2D eigenvalue weighted by Crippen LogP contribution is 2.19. The van der Waals surface area contributed by atoms with Gasteiger partial charge in [-0.25, -0.2) is 0 Å². The van der Waals surface area contributed by atoms with Gasteiger partial charge in [0.15, 0.2) is 0 Å². The molecule has 0 radical (unpaired) electrons. The Kier molecular flexibility index (Phi) is 3.46. The number of rotatable bonds is 4. The van der Waals surface area contributed by atoms with Crippen LogP contribution in [0.15, 0.2) is 54.9 Å². The van der Waals surface area contributed by atoms with Gasteiger partial charge in [0.25, 0.3) is 0 Å². The lowest BCUT2D eigenvalue weighted by atomic mass is 10.2. The predicted molar refractivity (Wildman–Crippen MR) is 79.9 cm³/mol. The molecule has 0 atom stereocenters. The minimum absolute atomic E-state index is 0.736. The second kappa shape index (κ2) is 5.57.